The van der Waals surface area contributed by atoms with Gasteiger partial charge in [-0.3, -0.25) is 24.5 Å². The Morgan fingerprint density at radius 3 is 2.06 bits per heavy atom. The van der Waals surface area contributed by atoms with Crippen molar-refractivity contribution in [2.24, 2.45) is 0 Å². The monoisotopic (exact) mass is 696 g/mol. The first kappa shape index (κ1) is 33.9. The van der Waals surface area contributed by atoms with Gasteiger partial charge in [0.05, 0.1) is 10.5 Å². The Bertz CT molecular complexity index is 1990. The molecule has 240 valence electrons. The van der Waals surface area contributed by atoms with Crippen molar-refractivity contribution in [3.63, 3.8) is 0 Å². The van der Waals surface area contributed by atoms with Crippen molar-refractivity contribution in [3.05, 3.63) is 170 Å². The second kappa shape index (κ2) is 15.9. The number of hydrogen-bond acceptors (Lipinski definition) is 6. The van der Waals surface area contributed by atoms with Crippen LogP contribution in [0.1, 0.15) is 26.7 Å². The highest BCUT2D eigenvalue weighted by atomic mass is 35.5. The maximum Gasteiger partial charge on any atom is 0.276 e. The van der Waals surface area contributed by atoms with E-state index in [1.807, 2.05) is 30.3 Å². The molecule has 0 aliphatic carbocycles. The first-order valence-corrected chi connectivity index (χ1v) is 16.0. The van der Waals surface area contributed by atoms with Crippen LogP contribution in [-0.4, -0.2) is 22.6 Å². The molecular weight excluding hydrogens is 671 g/mol. The van der Waals surface area contributed by atoms with E-state index >= 15 is 0 Å². The van der Waals surface area contributed by atoms with Gasteiger partial charge in [-0.05, 0) is 66.2 Å². The van der Waals surface area contributed by atoms with E-state index in [0.717, 1.165) is 5.56 Å². The minimum Gasteiger partial charge on any atom is -0.325 e. The van der Waals surface area contributed by atoms with Gasteiger partial charge in [-0.2, -0.15) is 0 Å². The van der Waals surface area contributed by atoms with E-state index in [2.05, 4.69) is 16.0 Å². The van der Waals surface area contributed by atoms with Gasteiger partial charge in [-0.15, -0.1) is 11.8 Å². The van der Waals surface area contributed by atoms with Crippen LogP contribution >= 0.6 is 35.0 Å². The smallest absolute Gasteiger partial charge is 0.276 e. The fraction of sp³-hybridized carbons (Fsp3) is 0.0278. The van der Waals surface area contributed by atoms with Gasteiger partial charge < -0.3 is 16.0 Å². The SMILES string of the molecule is O=C(Nc1cccc(SC(C(=O)Nc2cc(Cl)cc(Cl)c2)c2ccccc2)c1)/C(=C\c1ccccc1[N+](=O)[O-])NC(=O)c1ccccc1. The van der Waals surface area contributed by atoms with E-state index in [1.54, 1.807) is 78.9 Å². The molecule has 0 heterocycles. The highest BCUT2D eigenvalue weighted by Crippen LogP contribution is 2.37. The van der Waals surface area contributed by atoms with Crippen LogP contribution < -0.4 is 16.0 Å². The average molecular weight is 698 g/mol. The van der Waals surface area contributed by atoms with Gasteiger partial charge in [0.25, 0.3) is 17.5 Å². The zero-order chi connectivity index (χ0) is 34.0. The van der Waals surface area contributed by atoms with Gasteiger partial charge in [-0.1, -0.05) is 89.9 Å². The molecule has 48 heavy (non-hydrogen) atoms. The minimum absolute atomic E-state index is 0.128. The Morgan fingerprint density at radius 2 is 1.38 bits per heavy atom. The summed E-state index contributed by atoms with van der Waals surface area (Å²) in [5.41, 5.74) is 1.52. The lowest BCUT2D eigenvalue weighted by Gasteiger charge is -2.18. The summed E-state index contributed by atoms with van der Waals surface area (Å²) in [5, 5.41) is 20.0. The Hall–Kier alpha value is -5.42. The first-order chi connectivity index (χ1) is 23.2. The zero-order valence-corrected chi connectivity index (χ0v) is 27.3. The molecule has 5 rings (SSSR count). The molecule has 12 heteroatoms. The van der Waals surface area contributed by atoms with Gasteiger partial charge in [0, 0.05) is 37.9 Å². The van der Waals surface area contributed by atoms with Crippen LogP contribution in [0.15, 0.2) is 138 Å². The number of carbonyl (C=O) groups is 3. The van der Waals surface area contributed by atoms with Crippen molar-refractivity contribution in [2.45, 2.75) is 10.1 Å². The Kier molecular flexibility index (Phi) is 11.3. The number of nitrogens with zero attached hydrogens (tertiary/aromatic N) is 1. The van der Waals surface area contributed by atoms with Crippen molar-refractivity contribution < 1.29 is 19.3 Å². The predicted octanol–water partition coefficient (Wildman–Crippen LogP) is 8.78. The molecule has 3 amide bonds. The number of rotatable bonds is 11. The van der Waals surface area contributed by atoms with E-state index in [4.69, 9.17) is 23.2 Å². The van der Waals surface area contributed by atoms with Crippen LogP contribution in [0.2, 0.25) is 10.0 Å². The van der Waals surface area contributed by atoms with Gasteiger partial charge in [0.1, 0.15) is 10.9 Å². The fourth-order valence-electron chi connectivity index (χ4n) is 4.59. The lowest BCUT2D eigenvalue weighted by atomic mass is 10.1. The number of benzene rings is 5. The summed E-state index contributed by atoms with van der Waals surface area (Å²) >= 11 is 13.5. The molecule has 0 saturated heterocycles. The lowest BCUT2D eigenvalue weighted by molar-refractivity contribution is -0.385. The predicted molar refractivity (Wildman–Crippen MR) is 190 cm³/mol. The number of nitro benzene ring substituents is 1. The second-order valence-corrected chi connectivity index (χ2v) is 12.3. The van der Waals surface area contributed by atoms with Crippen LogP contribution in [0, 0.1) is 10.1 Å². The molecule has 0 radical (unpaired) electrons. The molecule has 3 N–H and O–H groups in total. The maximum absolute atomic E-state index is 13.6. The summed E-state index contributed by atoms with van der Waals surface area (Å²) in [6, 6.07) is 34.9. The summed E-state index contributed by atoms with van der Waals surface area (Å²) in [5.74, 6) is -1.61. The molecule has 0 saturated carbocycles. The summed E-state index contributed by atoms with van der Waals surface area (Å²) < 4.78 is 0. The van der Waals surface area contributed by atoms with E-state index in [1.165, 1.54) is 36.0 Å². The number of thioether (sulfide) groups is 1. The molecule has 1 atom stereocenters. The topological polar surface area (TPSA) is 130 Å². The standard InChI is InChI=1S/C36H26Cl2N4O5S/c37-26-19-27(38)21-29(20-26)40-36(45)33(23-10-3-1-4-11-23)48-30-16-9-15-28(22-30)39-35(44)31(41-34(43)24-12-5-2-6-13-24)18-25-14-7-8-17-32(25)42(46)47/h1-22,33H,(H,39,44)(H,40,45)(H,41,43)/b31-18+. The third kappa shape index (κ3) is 9.10. The lowest BCUT2D eigenvalue weighted by Crippen LogP contribution is -2.30. The van der Waals surface area contributed by atoms with Crippen molar-refractivity contribution in [2.75, 3.05) is 10.6 Å². The van der Waals surface area contributed by atoms with Crippen LogP contribution in [-0.2, 0) is 9.59 Å². The van der Waals surface area contributed by atoms with Crippen LogP contribution in [0.4, 0.5) is 17.1 Å². The van der Waals surface area contributed by atoms with Crippen molar-refractivity contribution >= 4 is 75.8 Å². The first-order valence-electron chi connectivity index (χ1n) is 14.4. The number of anilines is 2. The molecule has 9 nitrogen and oxygen atoms in total. The number of hydrogen-bond donors (Lipinski definition) is 3. The number of nitrogens with one attached hydrogen (secondary N) is 3. The number of carbonyl (C=O) groups excluding carboxylic acids is 3. The van der Waals surface area contributed by atoms with Crippen molar-refractivity contribution in [1.29, 1.82) is 0 Å². The summed E-state index contributed by atoms with van der Waals surface area (Å²) in [7, 11) is 0. The van der Waals surface area contributed by atoms with Gasteiger partial charge in [0.15, 0.2) is 0 Å². The molecule has 0 bridgehead atoms. The highest BCUT2D eigenvalue weighted by Gasteiger charge is 2.23. The third-order valence-electron chi connectivity index (χ3n) is 6.78. The molecule has 0 fully saturated rings. The van der Waals surface area contributed by atoms with Crippen LogP contribution in [0.5, 0.6) is 0 Å². The average Bonchev–Trinajstić information content (AvgIpc) is 3.07. The van der Waals surface area contributed by atoms with E-state index in [9.17, 15) is 24.5 Å². The summed E-state index contributed by atoms with van der Waals surface area (Å²) in [4.78, 5) is 52.0. The quantitative estimate of drug-likeness (QED) is 0.0548. The molecule has 0 aliphatic heterocycles. The maximum atomic E-state index is 13.6. The van der Waals surface area contributed by atoms with Gasteiger partial charge in [0.2, 0.25) is 5.91 Å². The molecule has 0 spiro atoms. The normalized spacial score (nSPS) is 11.7. The Morgan fingerprint density at radius 1 is 0.729 bits per heavy atom. The van der Waals surface area contributed by atoms with E-state index in [-0.39, 0.29) is 22.9 Å². The van der Waals surface area contributed by atoms with Crippen molar-refractivity contribution in [3.8, 4) is 0 Å². The second-order valence-electron chi connectivity index (χ2n) is 10.2. The number of para-hydroxylation sites is 1. The van der Waals surface area contributed by atoms with Crippen LogP contribution in [0.25, 0.3) is 6.08 Å². The molecule has 5 aromatic rings. The Balaban J connectivity index is 1.41. The van der Waals surface area contributed by atoms with Gasteiger partial charge >= 0.3 is 0 Å². The highest BCUT2D eigenvalue weighted by molar-refractivity contribution is 8.00. The zero-order valence-electron chi connectivity index (χ0n) is 24.9. The van der Waals surface area contributed by atoms with Gasteiger partial charge in [-0.25, -0.2) is 0 Å². The summed E-state index contributed by atoms with van der Waals surface area (Å²) in [6.07, 6.45) is 1.25. The Labute approximate surface area is 290 Å². The fourth-order valence-corrected chi connectivity index (χ4v) is 6.20. The number of amides is 3. The molecule has 5 aromatic carbocycles. The largest absolute Gasteiger partial charge is 0.325 e. The summed E-state index contributed by atoms with van der Waals surface area (Å²) in [6.45, 7) is 0. The number of halogens is 2. The van der Waals surface area contributed by atoms with E-state index < -0.39 is 22.0 Å². The third-order valence-corrected chi connectivity index (χ3v) is 8.46. The van der Waals surface area contributed by atoms with Crippen molar-refractivity contribution in [1.82, 2.24) is 5.32 Å². The molecule has 0 aliphatic rings. The minimum atomic E-state index is -0.713. The number of nitro groups is 1. The molecule has 0 aromatic heterocycles. The van der Waals surface area contributed by atoms with Crippen LogP contribution in [0.3, 0.4) is 0 Å². The molecule has 1 unspecified atom stereocenters. The van der Waals surface area contributed by atoms with E-state index in [0.29, 0.717) is 31.9 Å². The molecular formula is C36H26Cl2N4O5S.